The van der Waals surface area contributed by atoms with Gasteiger partial charge in [-0.15, -0.1) is 16.7 Å². The molecule has 2 aliphatic heterocycles. The lowest BCUT2D eigenvalue weighted by Crippen LogP contribution is -2.47. The third-order valence-corrected chi connectivity index (χ3v) is 4.81. The fraction of sp³-hybridized carbons (Fsp3) is 0.733. The Hall–Kier alpha value is -0.870. The summed E-state index contributed by atoms with van der Waals surface area (Å²) in [7, 11) is 0. The second-order valence-corrected chi connectivity index (χ2v) is 6.10. The molecule has 2 saturated heterocycles. The zero-order valence-electron chi connectivity index (χ0n) is 12.0. The minimum Gasteiger partial charge on any atom is -0.355 e. The van der Waals surface area contributed by atoms with Crippen molar-refractivity contribution in [1.29, 1.82) is 0 Å². The Balaban J connectivity index is 1.54. The number of piperidine rings is 2. The van der Waals surface area contributed by atoms with Gasteiger partial charge in [0.2, 0.25) is 0 Å². The van der Waals surface area contributed by atoms with Crippen molar-refractivity contribution in [3.8, 4) is 0 Å². The molecule has 0 unspecified atom stereocenters. The third-order valence-electron chi connectivity index (χ3n) is 4.54. The maximum absolute atomic E-state index is 5.75. The molecular formula is C15H23ClN4. The largest absolute Gasteiger partial charge is 0.355 e. The molecule has 0 aromatic carbocycles. The topological polar surface area (TPSA) is 32.3 Å². The molecule has 0 atom stereocenters. The zero-order chi connectivity index (χ0) is 13.8. The van der Waals surface area contributed by atoms with Crippen molar-refractivity contribution in [2.45, 2.75) is 44.0 Å². The highest BCUT2D eigenvalue weighted by molar-refractivity contribution is 6.16. The van der Waals surface area contributed by atoms with Crippen molar-refractivity contribution >= 4 is 17.4 Å². The Morgan fingerprint density at radius 3 is 2.35 bits per heavy atom. The standard InChI is InChI=1S/C15H23ClN4/c16-12-13-4-5-15(18-17-13)20-10-6-14(7-11-20)19-8-2-1-3-9-19/h4-5,14H,1-3,6-12H2. The van der Waals surface area contributed by atoms with Crippen molar-refractivity contribution in [2.24, 2.45) is 0 Å². The summed E-state index contributed by atoms with van der Waals surface area (Å²) in [4.78, 5) is 5.05. The van der Waals surface area contributed by atoms with E-state index in [0.29, 0.717) is 5.88 Å². The van der Waals surface area contributed by atoms with Gasteiger partial charge in [0.1, 0.15) is 0 Å². The summed E-state index contributed by atoms with van der Waals surface area (Å²) in [5.41, 5.74) is 0.846. The molecule has 0 N–H and O–H groups in total. The number of rotatable bonds is 3. The number of hydrogen-bond acceptors (Lipinski definition) is 4. The van der Waals surface area contributed by atoms with Crippen LogP contribution in [0, 0.1) is 0 Å². The highest BCUT2D eigenvalue weighted by Gasteiger charge is 2.26. The summed E-state index contributed by atoms with van der Waals surface area (Å²) in [5, 5.41) is 8.44. The van der Waals surface area contributed by atoms with Gasteiger partial charge in [0.15, 0.2) is 5.82 Å². The number of likely N-dealkylation sites (tertiary alicyclic amines) is 1. The molecule has 0 saturated carbocycles. The van der Waals surface area contributed by atoms with Gasteiger partial charge in [-0.3, -0.25) is 0 Å². The van der Waals surface area contributed by atoms with Crippen LogP contribution in [0.3, 0.4) is 0 Å². The Morgan fingerprint density at radius 2 is 1.75 bits per heavy atom. The number of aromatic nitrogens is 2. The third kappa shape index (κ3) is 3.23. The molecule has 0 radical (unpaired) electrons. The number of nitrogens with zero attached hydrogens (tertiary/aromatic N) is 4. The quantitative estimate of drug-likeness (QED) is 0.802. The van der Waals surface area contributed by atoms with E-state index in [1.54, 1.807) is 0 Å². The second kappa shape index (κ2) is 6.72. The molecule has 0 spiro atoms. The number of anilines is 1. The van der Waals surface area contributed by atoms with Crippen LogP contribution in [0.5, 0.6) is 0 Å². The molecule has 0 aliphatic carbocycles. The average molecular weight is 295 g/mol. The zero-order valence-corrected chi connectivity index (χ0v) is 12.7. The van der Waals surface area contributed by atoms with Gasteiger partial charge < -0.3 is 9.80 Å². The monoisotopic (exact) mass is 294 g/mol. The second-order valence-electron chi connectivity index (χ2n) is 5.83. The molecule has 20 heavy (non-hydrogen) atoms. The van der Waals surface area contributed by atoms with E-state index in [1.165, 1.54) is 45.2 Å². The lowest BCUT2D eigenvalue weighted by molar-refractivity contribution is 0.141. The van der Waals surface area contributed by atoms with Crippen LogP contribution in [0.15, 0.2) is 12.1 Å². The van der Waals surface area contributed by atoms with Gasteiger partial charge in [-0.2, -0.15) is 5.10 Å². The maximum Gasteiger partial charge on any atom is 0.151 e. The Morgan fingerprint density at radius 1 is 1.00 bits per heavy atom. The summed E-state index contributed by atoms with van der Waals surface area (Å²) in [5.74, 6) is 1.43. The van der Waals surface area contributed by atoms with Gasteiger partial charge in [0, 0.05) is 19.1 Å². The first-order valence-corrected chi connectivity index (χ1v) is 8.28. The van der Waals surface area contributed by atoms with E-state index >= 15 is 0 Å². The van der Waals surface area contributed by atoms with Crippen LogP contribution < -0.4 is 4.90 Å². The Bertz CT molecular complexity index is 408. The minimum atomic E-state index is 0.435. The molecule has 1 aromatic heterocycles. The normalized spacial score (nSPS) is 22.1. The minimum absolute atomic E-state index is 0.435. The smallest absolute Gasteiger partial charge is 0.151 e. The Kier molecular flexibility index (Phi) is 4.73. The highest BCUT2D eigenvalue weighted by Crippen LogP contribution is 2.23. The summed E-state index contributed by atoms with van der Waals surface area (Å²) >= 11 is 5.75. The fourth-order valence-corrected chi connectivity index (χ4v) is 3.48. The molecule has 3 rings (SSSR count). The van der Waals surface area contributed by atoms with Gasteiger partial charge >= 0.3 is 0 Å². The SMILES string of the molecule is ClCc1ccc(N2CCC(N3CCCCC3)CC2)nn1. The number of halogens is 1. The molecular weight excluding hydrogens is 272 g/mol. The van der Waals surface area contributed by atoms with E-state index in [9.17, 15) is 0 Å². The predicted octanol–water partition coefficient (Wildman–Crippen LogP) is 2.67. The number of hydrogen-bond donors (Lipinski definition) is 0. The van der Waals surface area contributed by atoms with Crippen LogP contribution in [0.2, 0.25) is 0 Å². The predicted molar refractivity (Wildman–Crippen MR) is 82.2 cm³/mol. The molecule has 2 fully saturated rings. The average Bonchev–Trinajstić information content (AvgIpc) is 2.56. The van der Waals surface area contributed by atoms with Gasteiger partial charge in [0.05, 0.1) is 11.6 Å². The van der Waals surface area contributed by atoms with E-state index < -0.39 is 0 Å². The number of alkyl halides is 1. The van der Waals surface area contributed by atoms with Crippen molar-refractivity contribution in [3.63, 3.8) is 0 Å². The fourth-order valence-electron chi connectivity index (χ4n) is 3.34. The molecule has 5 heteroatoms. The van der Waals surface area contributed by atoms with Crippen molar-refractivity contribution in [3.05, 3.63) is 17.8 Å². The molecule has 110 valence electrons. The van der Waals surface area contributed by atoms with Crippen LogP contribution in [0.1, 0.15) is 37.8 Å². The van der Waals surface area contributed by atoms with Crippen LogP contribution in [0.4, 0.5) is 5.82 Å². The summed E-state index contributed by atoms with van der Waals surface area (Å²) in [6.07, 6.45) is 6.67. The van der Waals surface area contributed by atoms with Gasteiger partial charge in [-0.05, 0) is 50.9 Å². The first kappa shape index (κ1) is 14.1. The molecule has 0 bridgehead atoms. The van der Waals surface area contributed by atoms with E-state index in [2.05, 4.69) is 20.0 Å². The van der Waals surface area contributed by atoms with Crippen molar-refractivity contribution in [2.75, 3.05) is 31.1 Å². The van der Waals surface area contributed by atoms with Crippen LogP contribution in [-0.2, 0) is 5.88 Å². The molecule has 2 aliphatic rings. The summed E-state index contributed by atoms with van der Waals surface area (Å²) in [6.45, 7) is 4.79. The first-order valence-electron chi connectivity index (χ1n) is 7.74. The van der Waals surface area contributed by atoms with Crippen LogP contribution in [-0.4, -0.2) is 47.3 Å². The first-order chi connectivity index (χ1) is 9.86. The van der Waals surface area contributed by atoms with Gasteiger partial charge in [0.25, 0.3) is 0 Å². The van der Waals surface area contributed by atoms with Crippen LogP contribution >= 0.6 is 11.6 Å². The van der Waals surface area contributed by atoms with Crippen molar-refractivity contribution in [1.82, 2.24) is 15.1 Å². The highest BCUT2D eigenvalue weighted by atomic mass is 35.5. The van der Waals surface area contributed by atoms with E-state index in [-0.39, 0.29) is 0 Å². The molecule has 1 aromatic rings. The molecule has 0 amide bonds. The van der Waals surface area contributed by atoms with Gasteiger partial charge in [-0.25, -0.2) is 0 Å². The maximum atomic E-state index is 5.75. The van der Waals surface area contributed by atoms with Crippen LogP contribution in [0.25, 0.3) is 0 Å². The van der Waals surface area contributed by atoms with E-state index in [1.807, 2.05) is 12.1 Å². The lowest BCUT2D eigenvalue weighted by Gasteiger charge is -2.40. The van der Waals surface area contributed by atoms with Gasteiger partial charge in [-0.1, -0.05) is 6.42 Å². The summed E-state index contributed by atoms with van der Waals surface area (Å²) < 4.78 is 0. The Labute approximate surface area is 126 Å². The van der Waals surface area contributed by atoms with Crippen molar-refractivity contribution < 1.29 is 0 Å². The molecule has 4 nitrogen and oxygen atoms in total. The van der Waals surface area contributed by atoms with E-state index in [4.69, 9.17) is 11.6 Å². The van der Waals surface area contributed by atoms with E-state index in [0.717, 1.165) is 30.6 Å². The summed E-state index contributed by atoms with van der Waals surface area (Å²) in [6, 6.07) is 4.81. The lowest BCUT2D eigenvalue weighted by atomic mass is 10.00. The molecule has 3 heterocycles.